The van der Waals surface area contributed by atoms with Crippen LogP contribution in [0.5, 0.6) is 0 Å². The van der Waals surface area contributed by atoms with Crippen LogP contribution in [0.2, 0.25) is 0 Å². The van der Waals surface area contributed by atoms with Gasteiger partial charge in [0.25, 0.3) is 0 Å². The summed E-state index contributed by atoms with van der Waals surface area (Å²) in [5.41, 5.74) is 2.45. The van der Waals surface area contributed by atoms with Crippen LogP contribution in [0.4, 0.5) is 5.69 Å². The van der Waals surface area contributed by atoms with Gasteiger partial charge in [0.2, 0.25) is 10.0 Å². The highest BCUT2D eigenvalue weighted by Crippen LogP contribution is 2.21. The number of para-hydroxylation sites is 1. The van der Waals surface area contributed by atoms with Gasteiger partial charge < -0.3 is 4.90 Å². The van der Waals surface area contributed by atoms with Crippen molar-refractivity contribution in [3.63, 3.8) is 0 Å². The van der Waals surface area contributed by atoms with E-state index in [9.17, 15) is 8.42 Å². The molecular weight excluding hydrogens is 260 g/mol. The molecule has 0 aromatic heterocycles. The maximum absolute atomic E-state index is 11.4. The molecule has 0 amide bonds. The Bertz CT molecular complexity index is 492. The number of hydrogen-bond donors (Lipinski definition) is 0. The molecule has 0 bridgehead atoms. The molecule has 1 heterocycles. The van der Waals surface area contributed by atoms with Gasteiger partial charge >= 0.3 is 0 Å². The minimum Gasteiger partial charge on any atom is -0.369 e. The van der Waals surface area contributed by atoms with E-state index >= 15 is 0 Å². The molecule has 5 heteroatoms. The SMILES string of the molecule is CC.Cc1ccccc1N1CCN(S(C)(=O)=O)CC1. The van der Waals surface area contributed by atoms with Crippen molar-refractivity contribution < 1.29 is 8.42 Å². The Morgan fingerprint density at radius 1 is 1.00 bits per heavy atom. The molecule has 2 rings (SSSR count). The maximum atomic E-state index is 11.4. The van der Waals surface area contributed by atoms with Crippen molar-refractivity contribution in [1.82, 2.24) is 4.31 Å². The van der Waals surface area contributed by atoms with Crippen molar-refractivity contribution in [2.75, 3.05) is 37.3 Å². The summed E-state index contributed by atoms with van der Waals surface area (Å²) in [6.07, 6.45) is 1.27. The first kappa shape index (κ1) is 16.0. The van der Waals surface area contributed by atoms with Gasteiger partial charge in [-0.2, -0.15) is 4.31 Å². The van der Waals surface area contributed by atoms with Crippen molar-refractivity contribution in [2.45, 2.75) is 20.8 Å². The third-order valence-corrected chi connectivity index (χ3v) is 4.47. The molecule has 108 valence electrons. The summed E-state index contributed by atoms with van der Waals surface area (Å²) in [5.74, 6) is 0. The zero-order valence-electron chi connectivity index (χ0n) is 12.3. The largest absolute Gasteiger partial charge is 0.369 e. The van der Waals surface area contributed by atoms with Crippen LogP contribution in [-0.4, -0.2) is 45.2 Å². The first-order valence-electron chi connectivity index (χ1n) is 6.74. The highest BCUT2D eigenvalue weighted by atomic mass is 32.2. The number of anilines is 1. The number of aryl methyl sites for hydroxylation is 1. The Balaban J connectivity index is 0.000000861. The monoisotopic (exact) mass is 284 g/mol. The zero-order valence-corrected chi connectivity index (χ0v) is 13.1. The summed E-state index contributed by atoms with van der Waals surface area (Å²) in [6, 6.07) is 8.21. The predicted molar refractivity (Wildman–Crippen MR) is 81.2 cm³/mol. The molecule has 1 aliphatic rings. The Labute approximate surface area is 117 Å². The van der Waals surface area contributed by atoms with Gasteiger partial charge in [-0.25, -0.2) is 8.42 Å². The quantitative estimate of drug-likeness (QED) is 0.835. The molecule has 4 nitrogen and oxygen atoms in total. The molecule has 0 atom stereocenters. The summed E-state index contributed by atoms with van der Waals surface area (Å²) in [4.78, 5) is 2.25. The molecule has 1 aromatic rings. The second-order valence-electron chi connectivity index (χ2n) is 4.44. The van der Waals surface area contributed by atoms with Gasteiger partial charge in [0.15, 0.2) is 0 Å². The fraction of sp³-hybridized carbons (Fsp3) is 0.571. The Morgan fingerprint density at radius 3 is 2.00 bits per heavy atom. The molecule has 1 aromatic carbocycles. The number of piperazine rings is 1. The first-order valence-corrected chi connectivity index (χ1v) is 8.59. The number of rotatable bonds is 2. The minimum absolute atomic E-state index is 0.577. The van der Waals surface area contributed by atoms with Crippen molar-refractivity contribution >= 4 is 15.7 Å². The molecule has 0 radical (unpaired) electrons. The zero-order chi connectivity index (χ0) is 14.5. The topological polar surface area (TPSA) is 40.6 Å². The van der Waals surface area contributed by atoms with E-state index in [2.05, 4.69) is 24.0 Å². The lowest BCUT2D eigenvalue weighted by atomic mass is 10.1. The average Bonchev–Trinajstić information content (AvgIpc) is 2.41. The molecule has 1 aliphatic heterocycles. The number of nitrogens with zero attached hydrogens (tertiary/aromatic N) is 2. The van der Waals surface area contributed by atoms with Gasteiger partial charge in [-0.1, -0.05) is 32.0 Å². The van der Waals surface area contributed by atoms with E-state index in [0.717, 1.165) is 13.1 Å². The van der Waals surface area contributed by atoms with Crippen molar-refractivity contribution in [3.05, 3.63) is 29.8 Å². The molecule has 0 aliphatic carbocycles. The Morgan fingerprint density at radius 2 is 1.53 bits per heavy atom. The van der Waals surface area contributed by atoms with Gasteiger partial charge in [-0.05, 0) is 18.6 Å². The van der Waals surface area contributed by atoms with E-state index in [0.29, 0.717) is 13.1 Å². The third-order valence-electron chi connectivity index (χ3n) is 3.16. The van der Waals surface area contributed by atoms with Crippen LogP contribution in [-0.2, 0) is 10.0 Å². The summed E-state index contributed by atoms with van der Waals surface area (Å²) in [7, 11) is -3.03. The van der Waals surface area contributed by atoms with E-state index in [4.69, 9.17) is 0 Å². The lowest BCUT2D eigenvalue weighted by Crippen LogP contribution is -2.48. The number of benzene rings is 1. The number of hydrogen-bond acceptors (Lipinski definition) is 3. The van der Waals surface area contributed by atoms with E-state index in [-0.39, 0.29) is 0 Å². The predicted octanol–water partition coefficient (Wildman–Crippen LogP) is 2.10. The standard InChI is InChI=1S/C12H18N2O2S.C2H6/c1-11-5-3-4-6-12(11)13-7-9-14(10-8-13)17(2,15)16;1-2/h3-6H,7-10H2,1-2H3;1-2H3. The smallest absolute Gasteiger partial charge is 0.211 e. The normalized spacial score (nSPS) is 16.7. The molecule has 19 heavy (non-hydrogen) atoms. The third kappa shape index (κ3) is 4.21. The van der Waals surface area contributed by atoms with Gasteiger partial charge in [0, 0.05) is 31.9 Å². The van der Waals surface area contributed by atoms with Crippen LogP contribution in [0, 0.1) is 6.92 Å². The van der Waals surface area contributed by atoms with Crippen LogP contribution >= 0.6 is 0 Å². The van der Waals surface area contributed by atoms with E-state index in [1.54, 1.807) is 4.31 Å². The molecule has 0 spiro atoms. The molecule has 1 saturated heterocycles. The summed E-state index contributed by atoms with van der Waals surface area (Å²) in [5, 5.41) is 0. The van der Waals surface area contributed by atoms with Crippen molar-refractivity contribution in [3.8, 4) is 0 Å². The van der Waals surface area contributed by atoms with Crippen molar-refractivity contribution in [2.24, 2.45) is 0 Å². The van der Waals surface area contributed by atoms with Gasteiger partial charge in [-0.3, -0.25) is 0 Å². The van der Waals surface area contributed by atoms with Crippen LogP contribution in [0.3, 0.4) is 0 Å². The fourth-order valence-corrected chi connectivity index (χ4v) is 3.01. The van der Waals surface area contributed by atoms with Crippen molar-refractivity contribution in [1.29, 1.82) is 0 Å². The van der Waals surface area contributed by atoms with Crippen LogP contribution in [0.25, 0.3) is 0 Å². The molecule has 0 unspecified atom stereocenters. The maximum Gasteiger partial charge on any atom is 0.211 e. The summed E-state index contributed by atoms with van der Waals surface area (Å²) in [6.45, 7) is 8.76. The fourth-order valence-electron chi connectivity index (χ4n) is 2.18. The summed E-state index contributed by atoms with van der Waals surface area (Å²) >= 11 is 0. The molecule has 1 fully saturated rings. The van der Waals surface area contributed by atoms with Crippen LogP contribution in [0.1, 0.15) is 19.4 Å². The molecular formula is C14H24N2O2S. The van der Waals surface area contributed by atoms with E-state index in [1.807, 2.05) is 26.0 Å². The molecule has 0 N–H and O–H groups in total. The van der Waals surface area contributed by atoms with Crippen LogP contribution in [0.15, 0.2) is 24.3 Å². The lowest BCUT2D eigenvalue weighted by molar-refractivity contribution is 0.388. The first-order chi connectivity index (χ1) is 8.98. The number of sulfonamides is 1. The van der Waals surface area contributed by atoms with Gasteiger partial charge in [0.1, 0.15) is 0 Å². The second kappa shape index (κ2) is 6.91. The Hall–Kier alpha value is -1.07. The van der Waals surface area contributed by atoms with Crippen LogP contribution < -0.4 is 4.90 Å². The van der Waals surface area contributed by atoms with Gasteiger partial charge in [0.05, 0.1) is 6.26 Å². The Kier molecular flexibility index (Phi) is 5.82. The molecule has 0 saturated carbocycles. The lowest BCUT2D eigenvalue weighted by Gasteiger charge is -2.35. The van der Waals surface area contributed by atoms with Gasteiger partial charge in [-0.15, -0.1) is 0 Å². The summed E-state index contributed by atoms with van der Waals surface area (Å²) < 4.78 is 24.4. The highest BCUT2D eigenvalue weighted by Gasteiger charge is 2.23. The van der Waals surface area contributed by atoms with E-state index in [1.165, 1.54) is 17.5 Å². The minimum atomic E-state index is -3.03. The average molecular weight is 284 g/mol. The second-order valence-corrected chi connectivity index (χ2v) is 6.42. The van der Waals surface area contributed by atoms with E-state index < -0.39 is 10.0 Å². The highest BCUT2D eigenvalue weighted by molar-refractivity contribution is 7.88.